The maximum atomic E-state index is 16.1. The third-order valence-corrected chi connectivity index (χ3v) is 9.57. The fraction of sp³-hybridized carbons (Fsp3) is 0.364. The summed E-state index contributed by atoms with van der Waals surface area (Å²) in [7, 11) is -4.06. The Bertz CT molecular complexity index is 1850. The lowest BCUT2D eigenvalue weighted by atomic mass is 10.0. The summed E-state index contributed by atoms with van der Waals surface area (Å²) in [4.78, 5) is 20.4. The number of piperazine rings is 1. The van der Waals surface area contributed by atoms with E-state index in [4.69, 9.17) is 9.84 Å². The Labute approximate surface area is 272 Å². The smallest absolute Gasteiger partial charge is 0.410 e. The number of nitrogens with one attached hydrogen (secondary N) is 1. The SMILES string of the molecule is CC(C)(C)OC(=O)N1CCN(c2ccc(-n3cc(-c4cc(F)cc(NS(=O)(=O)N5CCCC5)c4F)c(-c4ccncc4)n3)cc2)CC1. The van der Waals surface area contributed by atoms with Gasteiger partial charge >= 0.3 is 16.3 Å². The van der Waals surface area contributed by atoms with Gasteiger partial charge in [0.15, 0.2) is 5.82 Å². The normalized spacial score (nSPS) is 16.0. The number of amides is 1. The van der Waals surface area contributed by atoms with Gasteiger partial charge in [0.1, 0.15) is 17.1 Å². The van der Waals surface area contributed by atoms with E-state index in [2.05, 4.69) is 14.6 Å². The largest absolute Gasteiger partial charge is 0.444 e. The van der Waals surface area contributed by atoms with Crippen molar-refractivity contribution in [1.82, 2.24) is 24.0 Å². The van der Waals surface area contributed by atoms with Gasteiger partial charge in [0.05, 0.1) is 11.4 Å². The van der Waals surface area contributed by atoms with Crippen LogP contribution in [0.15, 0.2) is 67.1 Å². The number of hydrogen-bond acceptors (Lipinski definition) is 7. The van der Waals surface area contributed by atoms with E-state index in [0.717, 1.165) is 17.8 Å². The number of halogens is 2. The van der Waals surface area contributed by atoms with Crippen LogP contribution in [0, 0.1) is 11.6 Å². The molecule has 0 bridgehead atoms. The van der Waals surface area contributed by atoms with Crippen molar-refractivity contribution in [2.75, 3.05) is 48.9 Å². The zero-order valence-electron chi connectivity index (χ0n) is 26.5. The molecule has 0 radical (unpaired) electrons. The second-order valence-electron chi connectivity index (χ2n) is 12.6. The van der Waals surface area contributed by atoms with Gasteiger partial charge in [-0.15, -0.1) is 0 Å². The number of benzene rings is 2. The average molecular weight is 666 g/mol. The molecule has 4 aromatic rings. The third kappa shape index (κ3) is 7.23. The van der Waals surface area contributed by atoms with Crippen molar-refractivity contribution in [3.05, 3.63) is 78.8 Å². The first kappa shape index (κ1) is 32.4. The summed E-state index contributed by atoms with van der Waals surface area (Å²) in [6.07, 6.45) is 5.84. The molecule has 2 saturated heterocycles. The molecule has 0 atom stereocenters. The molecule has 6 rings (SSSR count). The molecule has 1 N–H and O–H groups in total. The van der Waals surface area contributed by atoms with Crippen LogP contribution in [0.1, 0.15) is 33.6 Å². The summed E-state index contributed by atoms with van der Waals surface area (Å²) in [5.41, 5.74) is 1.74. The molecule has 2 aliphatic rings. The van der Waals surface area contributed by atoms with E-state index in [-0.39, 0.29) is 17.2 Å². The summed E-state index contributed by atoms with van der Waals surface area (Å²) < 4.78 is 67.4. The second kappa shape index (κ2) is 12.9. The lowest BCUT2D eigenvalue weighted by molar-refractivity contribution is 0.0240. The zero-order valence-corrected chi connectivity index (χ0v) is 27.3. The van der Waals surface area contributed by atoms with Gasteiger partial charge in [0.2, 0.25) is 0 Å². The predicted molar refractivity (Wildman–Crippen MR) is 176 cm³/mol. The van der Waals surface area contributed by atoms with Crippen molar-refractivity contribution in [3.8, 4) is 28.1 Å². The molecule has 1 amide bonds. The molecular weight excluding hydrogens is 628 g/mol. The van der Waals surface area contributed by atoms with Gasteiger partial charge in [0, 0.05) is 86.3 Å². The van der Waals surface area contributed by atoms with E-state index < -0.39 is 33.1 Å². The van der Waals surface area contributed by atoms with Gasteiger partial charge in [-0.05, 0) is 76.1 Å². The van der Waals surface area contributed by atoms with Crippen molar-refractivity contribution in [2.24, 2.45) is 0 Å². The predicted octanol–water partition coefficient (Wildman–Crippen LogP) is 5.69. The monoisotopic (exact) mass is 665 g/mol. The maximum absolute atomic E-state index is 16.1. The summed E-state index contributed by atoms with van der Waals surface area (Å²) >= 11 is 0. The topological polar surface area (TPSA) is 113 Å². The highest BCUT2D eigenvalue weighted by Gasteiger charge is 2.29. The average Bonchev–Trinajstić information content (AvgIpc) is 3.74. The molecule has 0 saturated carbocycles. The molecule has 11 nitrogen and oxygen atoms in total. The lowest BCUT2D eigenvalue weighted by Gasteiger charge is -2.36. The minimum absolute atomic E-state index is 0.137. The van der Waals surface area contributed by atoms with Gasteiger partial charge in [-0.25, -0.2) is 18.3 Å². The van der Waals surface area contributed by atoms with Gasteiger partial charge in [0.25, 0.3) is 0 Å². The van der Waals surface area contributed by atoms with Gasteiger partial charge in [-0.3, -0.25) is 9.71 Å². The summed E-state index contributed by atoms with van der Waals surface area (Å²) in [5.74, 6) is -1.71. The zero-order chi connectivity index (χ0) is 33.3. The van der Waals surface area contributed by atoms with Crippen molar-refractivity contribution in [2.45, 2.75) is 39.2 Å². The van der Waals surface area contributed by atoms with Crippen LogP contribution in [0.2, 0.25) is 0 Å². The van der Waals surface area contributed by atoms with Crippen LogP contribution < -0.4 is 9.62 Å². The highest BCUT2D eigenvalue weighted by Crippen LogP contribution is 2.37. The molecular formula is C33H37F2N7O4S. The fourth-order valence-corrected chi connectivity index (χ4v) is 7.00. The Morgan fingerprint density at radius 2 is 1.51 bits per heavy atom. The summed E-state index contributed by atoms with van der Waals surface area (Å²) in [5, 5.41) is 4.75. The highest BCUT2D eigenvalue weighted by molar-refractivity contribution is 7.90. The maximum Gasteiger partial charge on any atom is 0.410 e. The number of rotatable bonds is 7. The van der Waals surface area contributed by atoms with E-state index in [1.807, 2.05) is 45.0 Å². The minimum Gasteiger partial charge on any atom is -0.444 e. The second-order valence-corrected chi connectivity index (χ2v) is 14.2. The molecule has 248 valence electrons. The van der Waals surface area contributed by atoms with Crippen molar-refractivity contribution >= 4 is 27.7 Å². The summed E-state index contributed by atoms with van der Waals surface area (Å²) in [6.45, 7) is 8.51. The number of aromatic nitrogens is 3. The van der Waals surface area contributed by atoms with Crippen LogP contribution >= 0.6 is 0 Å². The lowest BCUT2D eigenvalue weighted by Crippen LogP contribution is -2.50. The van der Waals surface area contributed by atoms with Crippen LogP contribution in [0.25, 0.3) is 28.1 Å². The molecule has 2 aromatic heterocycles. The Morgan fingerprint density at radius 3 is 2.15 bits per heavy atom. The quantitative estimate of drug-likeness (QED) is 0.270. The standard InChI is InChI=1S/C33H37F2N7O4S/c1-33(2,3)46-32(43)40-18-16-39(17-19-40)25-6-8-26(9-7-25)42-22-28(31(37-42)23-10-12-36-13-11-23)27-20-24(34)21-29(30(27)35)38-47(44,45)41-14-4-5-15-41/h6-13,20-22,38H,4-5,14-19H2,1-3H3. The molecule has 2 fully saturated rings. The summed E-state index contributed by atoms with van der Waals surface area (Å²) in [6, 6.07) is 12.9. The number of carbonyl (C=O) groups is 1. The van der Waals surface area contributed by atoms with Crippen LogP contribution in [0.3, 0.4) is 0 Å². The van der Waals surface area contributed by atoms with E-state index in [1.54, 1.807) is 40.3 Å². The van der Waals surface area contributed by atoms with E-state index >= 15 is 4.39 Å². The molecule has 0 unspecified atom stereocenters. The van der Waals surface area contributed by atoms with Gasteiger partial charge in [-0.2, -0.15) is 17.8 Å². The van der Waals surface area contributed by atoms with Gasteiger partial charge < -0.3 is 14.5 Å². The minimum atomic E-state index is -4.06. The first-order valence-corrected chi connectivity index (χ1v) is 16.9. The molecule has 4 heterocycles. The van der Waals surface area contributed by atoms with Crippen LogP contribution in [-0.2, 0) is 14.9 Å². The number of hydrogen-bond donors (Lipinski definition) is 1. The Balaban J connectivity index is 1.28. The van der Waals surface area contributed by atoms with Crippen LogP contribution in [0.4, 0.5) is 25.0 Å². The van der Waals surface area contributed by atoms with Crippen molar-refractivity contribution < 1.29 is 26.7 Å². The Kier molecular flexibility index (Phi) is 8.90. The molecule has 2 aromatic carbocycles. The number of nitrogens with zero attached hydrogens (tertiary/aromatic N) is 6. The van der Waals surface area contributed by atoms with E-state index in [9.17, 15) is 17.6 Å². The molecule has 14 heteroatoms. The fourth-order valence-electron chi connectivity index (χ4n) is 5.71. The van der Waals surface area contributed by atoms with E-state index in [1.165, 1.54) is 4.31 Å². The number of carbonyl (C=O) groups excluding carboxylic acids is 1. The number of ether oxygens (including phenoxy) is 1. The van der Waals surface area contributed by atoms with Crippen LogP contribution in [-0.4, -0.2) is 83.4 Å². The molecule has 2 aliphatic heterocycles. The third-order valence-electron chi connectivity index (χ3n) is 8.05. The van der Waals surface area contributed by atoms with Crippen molar-refractivity contribution in [1.29, 1.82) is 0 Å². The van der Waals surface area contributed by atoms with E-state index in [0.29, 0.717) is 69.1 Å². The molecule has 0 aliphatic carbocycles. The first-order valence-electron chi connectivity index (χ1n) is 15.5. The molecule has 0 spiro atoms. The Hall–Kier alpha value is -4.56. The number of pyridine rings is 1. The van der Waals surface area contributed by atoms with Crippen molar-refractivity contribution in [3.63, 3.8) is 0 Å². The first-order chi connectivity index (χ1) is 22.4. The number of anilines is 2. The van der Waals surface area contributed by atoms with Gasteiger partial charge in [-0.1, -0.05) is 0 Å². The Morgan fingerprint density at radius 1 is 0.872 bits per heavy atom. The van der Waals surface area contributed by atoms with Crippen LogP contribution in [0.5, 0.6) is 0 Å². The highest BCUT2D eigenvalue weighted by atomic mass is 32.2. The molecule has 47 heavy (non-hydrogen) atoms.